The van der Waals surface area contributed by atoms with Gasteiger partial charge in [0.1, 0.15) is 17.5 Å². The zero-order valence-electron chi connectivity index (χ0n) is 10.1. The van der Waals surface area contributed by atoms with Gasteiger partial charge < -0.3 is 14.5 Å². The lowest BCUT2D eigenvalue weighted by Gasteiger charge is -2.00. The molecule has 0 N–H and O–H groups in total. The van der Waals surface area contributed by atoms with Crippen LogP contribution in [0.2, 0.25) is 0 Å². The molecule has 0 aromatic carbocycles. The molecule has 0 bridgehead atoms. The molecule has 0 aliphatic heterocycles. The highest BCUT2D eigenvalue weighted by Gasteiger charge is 2.26. The van der Waals surface area contributed by atoms with Gasteiger partial charge in [0.25, 0.3) is 5.89 Å². The van der Waals surface area contributed by atoms with Crippen molar-refractivity contribution in [2.24, 2.45) is 0 Å². The molecule has 0 spiro atoms. The standard InChI is InChI=1S/C9H9N5O4S/c1-3-13-6(14(15)16)4-10-8(13)7(19-17)9-12-11-5(2)18-9/h4H,3H2,1-2H3. The minimum atomic E-state index is -0.563. The molecular formula is C9H9N5O4S. The zero-order chi connectivity index (χ0) is 14.0. The first-order valence-electron chi connectivity index (χ1n) is 5.26. The molecule has 0 amide bonds. The van der Waals surface area contributed by atoms with E-state index in [0.29, 0.717) is 12.4 Å². The van der Waals surface area contributed by atoms with Crippen molar-refractivity contribution in [2.45, 2.75) is 20.4 Å². The average Bonchev–Trinajstić information content (AvgIpc) is 2.97. The van der Waals surface area contributed by atoms with E-state index in [0.717, 1.165) is 6.20 Å². The Kier molecular flexibility index (Phi) is 3.51. The van der Waals surface area contributed by atoms with Crippen molar-refractivity contribution in [3.8, 4) is 0 Å². The predicted octanol–water partition coefficient (Wildman–Crippen LogP) is 0.284. The number of rotatable bonds is 4. The van der Waals surface area contributed by atoms with Gasteiger partial charge in [-0.2, -0.15) is 0 Å². The summed E-state index contributed by atoms with van der Waals surface area (Å²) in [7, 11) is 0. The number of hydrogen-bond acceptors (Lipinski definition) is 7. The summed E-state index contributed by atoms with van der Waals surface area (Å²) in [6.45, 7) is 3.59. The van der Waals surface area contributed by atoms with Gasteiger partial charge in [-0.25, -0.2) is 13.8 Å². The summed E-state index contributed by atoms with van der Waals surface area (Å²) >= 11 is 0.109. The van der Waals surface area contributed by atoms with E-state index >= 15 is 0 Å². The van der Waals surface area contributed by atoms with Gasteiger partial charge in [-0.05, 0) is 11.8 Å². The van der Waals surface area contributed by atoms with Crippen LogP contribution in [0.4, 0.5) is 5.82 Å². The average molecular weight is 283 g/mol. The minimum Gasteiger partial charge on any atom is -0.420 e. The lowest BCUT2D eigenvalue weighted by Crippen LogP contribution is -2.13. The highest BCUT2D eigenvalue weighted by atomic mass is 32.1. The summed E-state index contributed by atoms with van der Waals surface area (Å²) in [4.78, 5) is 14.2. The van der Waals surface area contributed by atoms with Gasteiger partial charge in [0.05, 0.1) is 6.54 Å². The summed E-state index contributed by atoms with van der Waals surface area (Å²) < 4.78 is 17.7. The van der Waals surface area contributed by atoms with Crippen LogP contribution in [0.5, 0.6) is 0 Å². The monoisotopic (exact) mass is 283 g/mol. The van der Waals surface area contributed by atoms with Crippen molar-refractivity contribution in [2.75, 3.05) is 0 Å². The predicted molar refractivity (Wildman–Crippen MR) is 64.9 cm³/mol. The minimum absolute atomic E-state index is 0.00713. The molecule has 0 saturated heterocycles. The molecule has 10 heteroatoms. The molecule has 100 valence electrons. The number of nitro groups is 1. The third kappa shape index (κ3) is 2.29. The highest BCUT2D eigenvalue weighted by Crippen LogP contribution is 2.16. The van der Waals surface area contributed by atoms with Crippen molar-refractivity contribution in [1.82, 2.24) is 19.7 Å². The molecule has 0 aliphatic carbocycles. The van der Waals surface area contributed by atoms with Crippen LogP contribution in [0, 0.1) is 17.0 Å². The number of imidazole rings is 1. The van der Waals surface area contributed by atoms with E-state index in [1.54, 1.807) is 13.8 Å². The Bertz CT molecular complexity index is 685. The van der Waals surface area contributed by atoms with Crippen LogP contribution in [0.3, 0.4) is 0 Å². The lowest BCUT2D eigenvalue weighted by atomic mass is 10.4. The molecule has 0 unspecified atom stereocenters. The Hall–Kier alpha value is -2.36. The Morgan fingerprint density at radius 3 is 2.79 bits per heavy atom. The fraction of sp³-hybridized carbons (Fsp3) is 0.333. The Labute approximate surface area is 110 Å². The molecule has 0 fully saturated rings. The number of aromatic nitrogens is 4. The SMILES string of the molecule is CCn1c([N+](=O)[O-])cnc1C(=S=O)c1nnc(C)o1. The molecule has 2 rings (SSSR count). The molecular weight excluding hydrogens is 274 g/mol. The van der Waals surface area contributed by atoms with Crippen LogP contribution in [0.25, 0.3) is 0 Å². The first kappa shape index (κ1) is 13.1. The first-order valence-corrected chi connectivity index (χ1v) is 6.00. The zero-order valence-corrected chi connectivity index (χ0v) is 10.9. The van der Waals surface area contributed by atoms with E-state index in [4.69, 9.17) is 4.42 Å². The van der Waals surface area contributed by atoms with Crippen molar-refractivity contribution in [1.29, 1.82) is 0 Å². The Balaban J connectivity index is 2.57. The maximum atomic E-state index is 11.2. The number of aryl methyl sites for hydroxylation is 1. The van der Waals surface area contributed by atoms with E-state index in [1.165, 1.54) is 4.57 Å². The molecule has 0 saturated carbocycles. The van der Waals surface area contributed by atoms with Crippen molar-refractivity contribution >= 4 is 21.9 Å². The molecule has 19 heavy (non-hydrogen) atoms. The lowest BCUT2D eigenvalue weighted by molar-refractivity contribution is -0.392. The van der Waals surface area contributed by atoms with E-state index in [2.05, 4.69) is 15.2 Å². The number of hydrogen-bond donors (Lipinski definition) is 0. The molecule has 2 aromatic heterocycles. The van der Waals surface area contributed by atoms with Gasteiger partial charge in [-0.1, -0.05) is 0 Å². The topological polar surface area (TPSA) is 117 Å². The Morgan fingerprint density at radius 2 is 2.32 bits per heavy atom. The second kappa shape index (κ2) is 5.10. The fourth-order valence-corrected chi connectivity index (χ4v) is 1.95. The molecule has 0 atom stereocenters. The summed E-state index contributed by atoms with van der Waals surface area (Å²) in [6.07, 6.45) is 1.10. The van der Waals surface area contributed by atoms with Gasteiger partial charge in [0.2, 0.25) is 11.7 Å². The molecule has 0 aliphatic rings. The summed E-state index contributed by atoms with van der Waals surface area (Å²) in [5.74, 6) is 0.261. The summed E-state index contributed by atoms with van der Waals surface area (Å²) in [5, 5.41) is 18.2. The highest BCUT2D eigenvalue weighted by molar-refractivity contribution is 7.67. The smallest absolute Gasteiger partial charge is 0.343 e. The van der Waals surface area contributed by atoms with Gasteiger partial charge in [0, 0.05) is 6.92 Å². The number of nitrogens with zero attached hydrogens (tertiary/aromatic N) is 5. The van der Waals surface area contributed by atoms with Gasteiger partial charge in [-0.15, -0.1) is 10.2 Å². The van der Waals surface area contributed by atoms with Gasteiger partial charge >= 0.3 is 5.82 Å². The van der Waals surface area contributed by atoms with E-state index in [9.17, 15) is 14.3 Å². The quantitative estimate of drug-likeness (QED) is 0.342. The van der Waals surface area contributed by atoms with Crippen LogP contribution in [0.1, 0.15) is 24.5 Å². The molecule has 2 aromatic rings. The largest absolute Gasteiger partial charge is 0.420 e. The van der Waals surface area contributed by atoms with Gasteiger partial charge in [-0.3, -0.25) is 0 Å². The van der Waals surface area contributed by atoms with Crippen LogP contribution in [-0.4, -0.2) is 33.7 Å². The van der Waals surface area contributed by atoms with Crippen molar-refractivity contribution in [3.05, 3.63) is 33.9 Å². The van der Waals surface area contributed by atoms with E-state index in [-0.39, 0.29) is 33.7 Å². The van der Waals surface area contributed by atoms with Crippen molar-refractivity contribution in [3.63, 3.8) is 0 Å². The second-order valence-electron chi connectivity index (χ2n) is 3.48. The fourth-order valence-electron chi connectivity index (χ4n) is 1.56. The maximum absolute atomic E-state index is 11.2. The van der Waals surface area contributed by atoms with Crippen LogP contribution >= 0.6 is 0 Å². The van der Waals surface area contributed by atoms with E-state index < -0.39 is 4.92 Å². The first-order chi connectivity index (χ1) is 9.08. The molecule has 0 radical (unpaired) electrons. The van der Waals surface area contributed by atoms with Crippen LogP contribution < -0.4 is 0 Å². The van der Waals surface area contributed by atoms with Crippen molar-refractivity contribution < 1.29 is 13.5 Å². The third-order valence-electron chi connectivity index (χ3n) is 2.34. The molecule has 9 nitrogen and oxygen atoms in total. The Morgan fingerprint density at radius 1 is 1.58 bits per heavy atom. The van der Waals surface area contributed by atoms with E-state index in [1.807, 2.05) is 0 Å². The summed E-state index contributed by atoms with van der Waals surface area (Å²) in [6, 6.07) is 0. The molecule has 2 heterocycles. The van der Waals surface area contributed by atoms with Crippen LogP contribution in [0.15, 0.2) is 10.6 Å². The normalized spacial score (nSPS) is 10.4. The maximum Gasteiger partial charge on any atom is 0.343 e. The summed E-state index contributed by atoms with van der Waals surface area (Å²) in [5.41, 5.74) is 0. The van der Waals surface area contributed by atoms with Crippen LogP contribution in [-0.2, 0) is 17.8 Å². The second-order valence-corrected chi connectivity index (χ2v) is 4.05. The van der Waals surface area contributed by atoms with Gasteiger partial charge in [0.15, 0.2) is 4.86 Å². The third-order valence-corrected chi connectivity index (χ3v) is 2.87.